The number of nitrogens with one attached hydrogen (secondary N) is 2. The third-order valence-corrected chi connectivity index (χ3v) is 6.40. The highest BCUT2D eigenvalue weighted by atomic mass is 16.5. The smallest absolute Gasteiger partial charge is 0.271 e. The van der Waals surface area contributed by atoms with Gasteiger partial charge in [-0.25, -0.2) is 4.98 Å². The van der Waals surface area contributed by atoms with Gasteiger partial charge in [-0.3, -0.25) is 19.5 Å². The van der Waals surface area contributed by atoms with Gasteiger partial charge in [0.25, 0.3) is 11.5 Å². The van der Waals surface area contributed by atoms with Crippen molar-refractivity contribution in [1.82, 2.24) is 15.0 Å². The van der Waals surface area contributed by atoms with Crippen LogP contribution in [0.3, 0.4) is 0 Å². The van der Waals surface area contributed by atoms with Crippen molar-refractivity contribution < 1.29 is 23.7 Å². The predicted octanol–water partition coefficient (Wildman–Crippen LogP) is 5.16. The number of aromatic nitrogens is 3. The molecule has 0 saturated carbocycles. The van der Waals surface area contributed by atoms with Gasteiger partial charge in [0.1, 0.15) is 22.9 Å². The fourth-order valence-corrected chi connectivity index (χ4v) is 4.40. The number of anilines is 3. The molecule has 0 spiro atoms. The van der Waals surface area contributed by atoms with Gasteiger partial charge in [-0.15, -0.1) is 0 Å². The Labute approximate surface area is 241 Å². The van der Waals surface area contributed by atoms with Crippen LogP contribution in [0.15, 0.2) is 90.1 Å². The number of H-pyrrole nitrogens is 1. The molecule has 11 nitrogen and oxygen atoms in total. The summed E-state index contributed by atoms with van der Waals surface area (Å²) < 4.78 is 22.1. The fraction of sp³-hybridized carbons (Fsp3) is 0.161. The number of carbonyl (C=O) groups excluding carboxylic acids is 1. The molecule has 1 amide bonds. The molecule has 2 aromatic carbocycles. The minimum atomic E-state index is -0.551. The van der Waals surface area contributed by atoms with Crippen molar-refractivity contribution in [3.63, 3.8) is 0 Å². The average molecular weight is 568 g/mol. The molecule has 3 heterocycles. The molecule has 2 N–H and O–H groups in total. The Morgan fingerprint density at radius 1 is 0.929 bits per heavy atom. The number of carbonyl (C=O) groups is 1. The maximum Gasteiger partial charge on any atom is 0.271 e. The van der Waals surface area contributed by atoms with E-state index in [0.717, 1.165) is 5.39 Å². The number of pyridine rings is 3. The highest BCUT2D eigenvalue weighted by Gasteiger charge is 2.26. The second-order valence-electron chi connectivity index (χ2n) is 8.98. The lowest BCUT2D eigenvalue weighted by molar-refractivity contribution is 0.0998. The molecule has 0 aliphatic heterocycles. The quantitative estimate of drug-likeness (QED) is 0.208. The first-order chi connectivity index (χ1) is 20.5. The highest BCUT2D eigenvalue weighted by Crippen LogP contribution is 2.37. The van der Waals surface area contributed by atoms with E-state index in [9.17, 15) is 9.59 Å². The normalized spacial score (nSPS) is 10.7. The van der Waals surface area contributed by atoms with Crippen LogP contribution in [0.2, 0.25) is 0 Å². The summed E-state index contributed by atoms with van der Waals surface area (Å²) in [7, 11) is 4.70. The lowest BCUT2D eigenvalue weighted by Crippen LogP contribution is -2.33. The van der Waals surface area contributed by atoms with Crippen molar-refractivity contribution in [3.8, 4) is 23.0 Å². The molecule has 42 heavy (non-hydrogen) atoms. The number of ether oxygens (including phenoxy) is 4. The number of para-hydroxylation sites is 1. The fourth-order valence-electron chi connectivity index (χ4n) is 4.40. The molecule has 0 bridgehead atoms. The molecule has 214 valence electrons. The standard InChI is InChI=1S/C31H29N5O6/c1-39-16-15-33-23-11-13-34-30(37)29(23)31(38)36(20-7-5-4-6-8-20)28-10-9-21(19-35-28)42-25-12-14-32-24-18-27(41-3)26(40-2)17-22(24)25/h4-14,17-19H,15-16H2,1-3H3,(H2,33,34,37). The average Bonchev–Trinajstić information content (AvgIpc) is 3.02. The van der Waals surface area contributed by atoms with Crippen molar-refractivity contribution in [1.29, 1.82) is 0 Å². The molecule has 0 radical (unpaired) electrons. The van der Waals surface area contributed by atoms with Gasteiger partial charge in [0.15, 0.2) is 11.5 Å². The molecule has 0 saturated heterocycles. The van der Waals surface area contributed by atoms with Crippen LogP contribution in [-0.2, 0) is 4.74 Å². The zero-order valence-electron chi connectivity index (χ0n) is 23.3. The minimum Gasteiger partial charge on any atom is -0.493 e. The zero-order chi connectivity index (χ0) is 29.5. The van der Waals surface area contributed by atoms with E-state index in [4.69, 9.17) is 18.9 Å². The zero-order valence-corrected chi connectivity index (χ0v) is 23.3. The molecule has 0 aliphatic rings. The summed E-state index contributed by atoms with van der Waals surface area (Å²) in [5, 5.41) is 3.82. The van der Waals surface area contributed by atoms with E-state index in [1.54, 1.807) is 88.2 Å². The van der Waals surface area contributed by atoms with Gasteiger partial charge in [-0.2, -0.15) is 0 Å². The van der Waals surface area contributed by atoms with Gasteiger partial charge >= 0.3 is 0 Å². The van der Waals surface area contributed by atoms with Gasteiger partial charge in [-0.1, -0.05) is 18.2 Å². The Morgan fingerprint density at radius 2 is 1.71 bits per heavy atom. The van der Waals surface area contributed by atoms with E-state index >= 15 is 0 Å². The van der Waals surface area contributed by atoms with Crippen molar-refractivity contribution >= 4 is 34.0 Å². The van der Waals surface area contributed by atoms with Crippen molar-refractivity contribution in [2.75, 3.05) is 44.7 Å². The summed E-state index contributed by atoms with van der Waals surface area (Å²) in [4.78, 5) is 39.8. The topological polar surface area (TPSA) is 128 Å². The predicted molar refractivity (Wildman–Crippen MR) is 159 cm³/mol. The van der Waals surface area contributed by atoms with Crippen molar-refractivity contribution in [2.24, 2.45) is 0 Å². The number of methoxy groups -OCH3 is 3. The van der Waals surface area contributed by atoms with Crippen LogP contribution in [0.1, 0.15) is 10.4 Å². The summed E-state index contributed by atoms with van der Waals surface area (Å²) in [6.07, 6.45) is 4.63. The number of hydrogen-bond acceptors (Lipinski definition) is 9. The monoisotopic (exact) mass is 567 g/mol. The molecule has 11 heteroatoms. The Kier molecular flexibility index (Phi) is 8.59. The van der Waals surface area contributed by atoms with Gasteiger partial charge in [-0.05, 0) is 42.5 Å². The number of aromatic amines is 1. The largest absolute Gasteiger partial charge is 0.493 e. The number of rotatable bonds is 11. The van der Waals surface area contributed by atoms with Crippen LogP contribution in [0.4, 0.5) is 17.2 Å². The van der Waals surface area contributed by atoms with E-state index in [0.29, 0.717) is 58.9 Å². The van der Waals surface area contributed by atoms with Crippen LogP contribution in [0.25, 0.3) is 10.9 Å². The van der Waals surface area contributed by atoms with Gasteiger partial charge in [0.05, 0.1) is 43.9 Å². The second kappa shape index (κ2) is 12.8. The first-order valence-corrected chi connectivity index (χ1v) is 13.0. The molecule has 5 aromatic rings. The summed E-state index contributed by atoms with van der Waals surface area (Å²) >= 11 is 0. The summed E-state index contributed by atoms with van der Waals surface area (Å²) in [5.41, 5.74) is 1.01. The Hall–Kier alpha value is -5.42. The Balaban J connectivity index is 1.49. The van der Waals surface area contributed by atoms with Gasteiger partial charge < -0.3 is 29.2 Å². The van der Waals surface area contributed by atoms with Crippen LogP contribution >= 0.6 is 0 Å². The van der Waals surface area contributed by atoms with Crippen LogP contribution in [-0.4, -0.2) is 55.3 Å². The number of amides is 1. The highest BCUT2D eigenvalue weighted by molar-refractivity contribution is 6.13. The summed E-state index contributed by atoms with van der Waals surface area (Å²) in [6.45, 7) is 0.817. The molecular formula is C31H29N5O6. The van der Waals surface area contributed by atoms with Crippen molar-refractivity contribution in [2.45, 2.75) is 0 Å². The minimum absolute atomic E-state index is 0.0489. The number of benzene rings is 2. The second-order valence-corrected chi connectivity index (χ2v) is 8.98. The summed E-state index contributed by atoms with van der Waals surface area (Å²) in [6, 6.07) is 19.3. The van der Waals surface area contributed by atoms with E-state index in [2.05, 4.69) is 20.3 Å². The number of nitrogens with zero attached hydrogens (tertiary/aromatic N) is 3. The van der Waals surface area contributed by atoms with E-state index in [1.807, 2.05) is 6.07 Å². The lowest BCUT2D eigenvalue weighted by atomic mass is 10.1. The number of fused-ring (bicyclic) bond motifs is 1. The molecule has 0 atom stereocenters. The molecule has 3 aromatic heterocycles. The Morgan fingerprint density at radius 3 is 2.43 bits per heavy atom. The first-order valence-electron chi connectivity index (χ1n) is 13.0. The summed E-state index contributed by atoms with van der Waals surface area (Å²) in [5.74, 6) is 1.82. The van der Waals surface area contributed by atoms with Gasteiger partial charge in [0, 0.05) is 37.5 Å². The third-order valence-electron chi connectivity index (χ3n) is 6.40. The molecular weight excluding hydrogens is 538 g/mol. The molecule has 0 aliphatic carbocycles. The maximum absolute atomic E-state index is 14.0. The molecule has 5 rings (SSSR count). The van der Waals surface area contributed by atoms with Crippen molar-refractivity contribution in [3.05, 3.63) is 101 Å². The van der Waals surface area contributed by atoms with Gasteiger partial charge in [0.2, 0.25) is 0 Å². The molecule has 0 fully saturated rings. The van der Waals surface area contributed by atoms with E-state index < -0.39 is 11.5 Å². The van der Waals surface area contributed by atoms with E-state index in [1.165, 1.54) is 17.3 Å². The first kappa shape index (κ1) is 28.1. The maximum atomic E-state index is 14.0. The van der Waals surface area contributed by atoms with E-state index in [-0.39, 0.29) is 5.56 Å². The lowest BCUT2D eigenvalue weighted by Gasteiger charge is -2.23. The van der Waals surface area contributed by atoms with Crippen LogP contribution in [0.5, 0.6) is 23.0 Å². The SMILES string of the molecule is COCCNc1cc[nH]c(=O)c1C(=O)N(c1ccccc1)c1ccc(Oc2ccnc3cc(OC)c(OC)cc23)cn1. The molecule has 0 unspecified atom stereocenters. The number of hydrogen-bond donors (Lipinski definition) is 2. The third kappa shape index (κ3) is 5.86. The van der Waals surface area contributed by atoms with Crippen LogP contribution < -0.4 is 30.0 Å². The van der Waals surface area contributed by atoms with Crippen LogP contribution in [0, 0.1) is 0 Å². The Bertz CT molecular complexity index is 1740.